The molecule has 108 valence electrons. The van der Waals surface area contributed by atoms with Crippen LogP contribution in [0.4, 0.5) is 0 Å². The van der Waals surface area contributed by atoms with Crippen molar-refractivity contribution in [2.45, 2.75) is 17.8 Å². The number of nitrogens with zero attached hydrogens (tertiary/aromatic N) is 5. The Hall–Kier alpha value is -2.35. The molecule has 8 heteroatoms. The van der Waals surface area contributed by atoms with E-state index in [1.807, 2.05) is 37.3 Å². The third kappa shape index (κ3) is 2.89. The fourth-order valence-corrected chi connectivity index (χ4v) is 2.61. The molecule has 1 aromatic carbocycles. The van der Waals surface area contributed by atoms with E-state index in [4.69, 9.17) is 9.26 Å². The van der Waals surface area contributed by atoms with Crippen LogP contribution in [0.15, 0.2) is 40.0 Å². The van der Waals surface area contributed by atoms with E-state index in [1.54, 1.807) is 11.8 Å². The van der Waals surface area contributed by atoms with Crippen LogP contribution in [0.2, 0.25) is 0 Å². The van der Waals surface area contributed by atoms with E-state index in [-0.39, 0.29) is 0 Å². The molecule has 0 saturated carbocycles. The molecule has 21 heavy (non-hydrogen) atoms. The maximum absolute atomic E-state index is 5.34. The number of hydrogen-bond acceptors (Lipinski definition) is 7. The summed E-state index contributed by atoms with van der Waals surface area (Å²) in [4.78, 5) is 0. The number of methoxy groups -OCH3 is 1. The molecular weight excluding hydrogens is 290 g/mol. The van der Waals surface area contributed by atoms with E-state index in [0.29, 0.717) is 16.7 Å². The Morgan fingerprint density at radius 3 is 2.95 bits per heavy atom. The van der Waals surface area contributed by atoms with Gasteiger partial charge in [0.15, 0.2) is 0 Å². The second-order valence-corrected chi connectivity index (χ2v) is 5.21. The second-order valence-electron chi connectivity index (χ2n) is 4.26. The van der Waals surface area contributed by atoms with E-state index in [0.717, 1.165) is 17.1 Å². The van der Waals surface area contributed by atoms with Crippen molar-refractivity contribution >= 4 is 11.8 Å². The van der Waals surface area contributed by atoms with Gasteiger partial charge in [0.25, 0.3) is 0 Å². The van der Waals surface area contributed by atoms with E-state index < -0.39 is 0 Å². The summed E-state index contributed by atoms with van der Waals surface area (Å²) >= 11 is 1.48. The number of hydrogen-bond donors (Lipinski definition) is 0. The number of benzene rings is 1. The van der Waals surface area contributed by atoms with E-state index >= 15 is 0 Å². The molecule has 0 aliphatic rings. The van der Waals surface area contributed by atoms with Crippen molar-refractivity contribution in [3.05, 3.63) is 41.8 Å². The van der Waals surface area contributed by atoms with Gasteiger partial charge in [0.2, 0.25) is 5.16 Å². The lowest BCUT2D eigenvalue weighted by Crippen LogP contribution is -2.01. The smallest absolute Gasteiger partial charge is 0.214 e. The van der Waals surface area contributed by atoms with Crippen molar-refractivity contribution in [2.75, 3.05) is 7.11 Å². The van der Waals surface area contributed by atoms with E-state index in [9.17, 15) is 0 Å². The summed E-state index contributed by atoms with van der Waals surface area (Å²) in [6, 6.07) is 9.48. The molecule has 2 aromatic heterocycles. The summed E-state index contributed by atoms with van der Waals surface area (Å²) in [7, 11) is 1.62. The molecule has 0 atom stereocenters. The first-order valence-corrected chi connectivity index (χ1v) is 7.23. The maximum Gasteiger partial charge on any atom is 0.214 e. The minimum atomic E-state index is 0.632. The van der Waals surface area contributed by atoms with Gasteiger partial charge in [-0.05, 0) is 29.5 Å². The van der Waals surface area contributed by atoms with Crippen molar-refractivity contribution in [1.29, 1.82) is 0 Å². The van der Waals surface area contributed by atoms with Crippen LogP contribution in [0.5, 0.6) is 5.75 Å². The van der Waals surface area contributed by atoms with Crippen LogP contribution in [-0.2, 0) is 5.75 Å². The molecule has 3 aromatic rings. The summed E-state index contributed by atoms with van der Waals surface area (Å²) in [6.45, 7) is 1.86. The lowest BCUT2D eigenvalue weighted by atomic mass is 10.3. The number of thioether (sulfide) groups is 1. The molecule has 0 bridgehead atoms. The van der Waals surface area contributed by atoms with Crippen molar-refractivity contribution in [3.63, 3.8) is 0 Å². The Bertz CT molecular complexity index is 740. The molecule has 0 fully saturated rings. The Morgan fingerprint density at radius 1 is 1.33 bits per heavy atom. The average molecular weight is 303 g/mol. The summed E-state index contributed by atoms with van der Waals surface area (Å²) in [6.07, 6.45) is 0. The van der Waals surface area contributed by atoms with Gasteiger partial charge in [-0.2, -0.15) is 4.68 Å². The van der Waals surface area contributed by atoms with Gasteiger partial charge in [-0.1, -0.05) is 29.1 Å². The van der Waals surface area contributed by atoms with Gasteiger partial charge in [-0.3, -0.25) is 0 Å². The normalized spacial score (nSPS) is 10.8. The zero-order valence-electron chi connectivity index (χ0n) is 11.6. The van der Waals surface area contributed by atoms with Gasteiger partial charge in [-0.25, -0.2) is 0 Å². The monoisotopic (exact) mass is 303 g/mol. The molecule has 0 spiro atoms. The fraction of sp³-hybridized carbons (Fsp3) is 0.231. The number of aromatic nitrogens is 5. The first kappa shape index (κ1) is 13.6. The Labute approximate surface area is 125 Å². The lowest BCUT2D eigenvalue weighted by Gasteiger charge is -2.08. The molecule has 0 aliphatic carbocycles. The zero-order chi connectivity index (χ0) is 14.7. The molecular formula is C13H13N5O2S. The van der Waals surface area contributed by atoms with Crippen molar-refractivity contribution in [2.24, 2.45) is 0 Å². The molecule has 0 amide bonds. The molecule has 7 nitrogen and oxygen atoms in total. The molecule has 0 unspecified atom stereocenters. The van der Waals surface area contributed by atoms with Crippen LogP contribution >= 0.6 is 11.8 Å². The first-order valence-electron chi connectivity index (χ1n) is 6.24. The minimum absolute atomic E-state index is 0.632. The highest BCUT2D eigenvalue weighted by atomic mass is 32.2. The number of para-hydroxylation sites is 2. The number of tetrazole rings is 1. The highest BCUT2D eigenvalue weighted by Gasteiger charge is 2.13. The van der Waals surface area contributed by atoms with Gasteiger partial charge in [0.1, 0.15) is 17.2 Å². The summed E-state index contributed by atoms with van der Waals surface area (Å²) < 4.78 is 12.0. The van der Waals surface area contributed by atoms with Crippen LogP contribution < -0.4 is 4.74 Å². The van der Waals surface area contributed by atoms with E-state index in [2.05, 4.69) is 20.7 Å². The fourth-order valence-electron chi connectivity index (χ4n) is 1.85. The van der Waals surface area contributed by atoms with Crippen LogP contribution in [0.25, 0.3) is 5.69 Å². The van der Waals surface area contributed by atoms with Crippen molar-refractivity contribution in [1.82, 2.24) is 25.4 Å². The largest absolute Gasteiger partial charge is 0.494 e. The number of rotatable bonds is 5. The molecule has 0 saturated heterocycles. The van der Waals surface area contributed by atoms with Crippen molar-refractivity contribution < 1.29 is 9.26 Å². The highest BCUT2D eigenvalue weighted by Crippen LogP contribution is 2.27. The van der Waals surface area contributed by atoms with Crippen molar-refractivity contribution in [3.8, 4) is 11.4 Å². The Kier molecular flexibility index (Phi) is 3.87. The quantitative estimate of drug-likeness (QED) is 0.669. The Balaban J connectivity index is 1.83. The zero-order valence-corrected chi connectivity index (χ0v) is 12.4. The van der Waals surface area contributed by atoms with Gasteiger partial charge >= 0.3 is 0 Å². The summed E-state index contributed by atoms with van der Waals surface area (Å²) in [5, 5.41) is 16.4. The number of aryl methyl sites for hydroxylation is 1. The van der Waals surface area contributed by atoms with Gasteiger partial charge < -0.3 is 9.26 Å². The maximum atomic E-state index is 5.34. The molecule has 0 radical (unpaired) electrons. The SMILES string of the molecule is COc1ccccc1-n1nnnc1SCc1cc(C)on1. The van der Waals surface area contributed by atoms with Crippen LogP contribution in [0.1, 0.15) is 11.5 Å². The van der Waals surface area contributed by atoms with Gasteiger partial charge in [0.05, 0.1) is 12.8 Å². The average Bonchev–Trinajstić information content (AvgIpc) is 3.13. The summed E-state index contributed by atoms with van der Waals surface area (Å²) in [5.74, 6) is 2.13. The van der Waals surface area contributed by atoms with Crippen LogP contribution in [0, 0.1) is 6.92 Å². The standard InChI is InChI=1S/C13H13N5O2S/c1-9-7-10(15-20-9)8-21-13-14-16-17-18(13)11-5-3-4-6-12(11)19-2/h3-7H,8H2,1-2H3. The molecule has 0 N–H and O–H groups in total. The predicted octanol–water partition coefficient (Wildman–Crippen LogP) is 2.26. The second kappa shape index (κ2) is 5.96. The van der Waals surface area contributed by atoms with E-state index in [1.165, 1.54) is 11.8 Å². The minimum Gasteiger partial charge on any atom is -0.494 e. The van der Waals surface area contributed by atoms with Gasteiger partial charge in [-0.15, -0.1) is 5.10 Å². The topological polar surface area (TPSA) is 78.9 Å². The third-order valence-corrected chi connectivity index (χ3v) is 3.73. The molecule has 0 aliphatic heterocycles. The van der Waals surface area contributed by atoms with Gasteiger partial charge in [0, 0.05) is 11.8 Å². The third-order valence-electron chi connectivity index (χ3n) is 2.78. The Morgan fingerprint density at radius 2 is 2.19 bits per heavy atom. The molecule has 3 rings (SSSR count). The first-order chi connectivity index (χ1) is 10.3. The summed E-state index contributed by atoms with van der Waals surface area (Å²) in [5.41, 5.74) is 1.65. The number of ether oxygens (including phenoxy) is 1. The highest BCUT2D eigenvalue weighted by molar-refractivity contribution is 7.98. The molecule has 2 heterocycles. The lowest BCUT2D eigenvalue weighted by molar-refractivity contribution is 0.393. The predicted molar refractivity (Wildman–Crippen MR) is 76.5 cm³/mol. The van der Waals surface area contributed by atoms with Crippen LogP contribution in [-0.4, -0.2) is 32.5 Å². The van der Waals surface area contributed by atoms with Crippen LogP contribution in [0.3, 0.4) is 0 Å².